The molecule has 7 heteroatoms. The van der Waals surface area contributed by atoms with Gasteiger partial charge in [-0.25, -0.2) is 9.18 Å². The predicted molar refractivity (Wildman–Crippen MR) is 74.0 cm³/mol. The van der Waals surface area contributed by atoms with Crippen LogP contribution in [0.15, 0.2) is 24.3 Å². The van der Waals surface area contributed by atoms with Crippen LogP contribution in [0.4, 0.5) is 10.1 Å². The highest BCUT2D eigenvalue weighted by molar-refractivity contribution is 6.03. The van der Waals surface area contributed by atoms with Crippen molar-refractivity contribution in [1.29, 1.82) is 0 Å². The third kappa shape index (κ3) is 3.07. The summed E-state index contributed by atoms with van der Waals surface area (Å²) in [7, 11) is 0. The molecule has 0 saturated carbocycles. The quantitative estimate of drug-likeness (QED) is 0.905. The van der Waals surface area contributed by atoms with E-state index in [9.17, 15) is 14.0 Å². The van der Waals surface area contributed by atoms with E-state index in [2.05, 4.69) is 10.4 Å². The number of benzene rings is 1. The molecule has 0 radical (unpaired) electrons. The SMILES string of the molecule is CCn1nc(C)cc1C(=O)Nc1ccc(C(=O)O)cc1F. The summed E-state index contributed by atoms with van der Waals surface area (Å²) < 4.78 is 15.3. The lowest BCUT2D eigenvalue weighted by Crippen LogP contribution is -2.18. The molecular formula is C14H14FN3O3. The Kier molecular flexibility index (Phi) is 4.02. The molecule has 0 aliphatic rings. The van der Waals surface area contributed by atoms with Crippen molar-refractivity contribution in [3.8, 4) is 0 Å². The van der Waals surface area contributed by atoms with Gasteiger partial charge in [-0.3, -0.25) is 9.48 Å². The van der Waals surface area contributed by atoms with Gasteiger partial charge in [-0.2, -0.15) is 5.10 Å². The third-order valence-corrected chi connectivity index (χ3v) is 2.90. The number of halogens is 1. The van der Waals surface area contributed by atoms with E-state index in [0.29, 0.717) is 17.9 Å². The molecule has 0 bridgehead atoms. The summed E-state index contributed by atoms with van der Waals surface area (Å²) in [6.07, 6.45) is 0. The van der Waals surface area contributed by atoms with Crippen molar-refractivity contribution >= 4 is 17.6 Å². The van der Waals surface area contributed by atoms with Gasteiger partial charge in [-0.1, -0.05) is 0 Å². The van der Waals surface area contributed by atoms with Crippen molar-refractivity contribution in [2.45, 2.75) is 20.4 Å². The summed E-state index contributed by atoms with van der Waals surface area (Å²) in [5.74, 6) is -2.53. The normalized spacial score (nSPS) is 10.4. The smallest absolute Gasteiger partial charge is 0.335 e. The Bertz CT molecular complexity index is 709. The molecule has 1 amide bonds. The Morgan fingerprint density at radius 2 is 2.10 bits per heavy atom. The summed E-state index contributed by atoms with van der Waals surface area (Å²) in [6, 6.07) is 4.91. The summed E-state index contributed by atoms with van der Waals surface area (Å²) in [6.45, 7) is 4.10. The summed E-state index contributed by atoms with van der Waals surface area (Å²) in [4.78, 5) is 22.9. The predicted octanol–water partition coefficient (Wildman–Crippen LogP) is 2.30. The van der Waals surface area contributed by atoms with Crippen LogP contribution in [0, 0.1) is 12.7 Å². The first-order valence-electron chi connectivity index (χ1n) is 6.31. The van der Waals surface area contributed by atoms with E-state index in [1.807, 2.05) is 6.92 Å². The van der Waals surface area contributed by atoms with Gasteiger partial charge in [0.15, 0.2) is 0 Å². The maximum absolute atomic E-state index is 13.8. The summed E-state index contributed by atoms with van der Waals surface area (Å²) in [5, 5.41) is 15.3. The lowest BCUT2D eigenvalue weighted by atomic mass is 10.2. The van der Waals surface area contributed by atoms with E-state index in [1.54, 1.807) is 13.0 Å². The van der Waals surface area contributed by atoms with Crippen LogP contribution in [0.2, 0.25) is 0 Å². The van der Waals surface area contributed by atoms with Crippen molar-refractivity contribution in [1.82, 2.24) is 9.78 Å². The highest BCUT2D eigenvalue weighted by Crippen LogP contribution is 2.17. The molecule has 0 aliphatic carbocycles. The van der Waals surface area contributed by atoms with Crippen LogP contribution in [0.25, 0.3) is 0 Å². The van der Waals surface area contributed by atoms with Gasteiger partial charge >= 0.3 is 5.97 Å². The van der Waals surface area contributed by atoms with Crippen molar-refractivity contribution in [2.24, 2.45) is 0 Å². The second-order valence-electron chi connectivity index (χ2n) is 4.44. The van der Waals surface area contributed by atoms with Crippen molar-refractivity contribution in [3.05, 3.63) is 47.0 Å². The lowest BCUT2D eigenvalue weighted by Gasteiger charge is -2.08. The van der Waals surface area contributed by atoms with Gasteiger partial charge in [0.25, 0.3) is 5.91 Å². The minimum absolute atomic E-state index is 0.0773. The number of hydrogen-bond donors (Lipinski definition) is 2. The van der Waals surface area contributed by atoms with E-state index in [-0.39, 0.29) is 11.3 Å². The molecule has 0 atom stereocenters. The molecule has 0 spiro atoms. The minimum Gasteiger partial charge on any atom is -0.478 e. The van der Waals surface area contributed by atoms with E-state index in [0.717, 1.165) is 6.07 Å². The summed E-state index contributed by atoms with van der Waals surface area (Å²) >= 11 is 0. The Balaban J connectivity index is 2.25. The molecule has 0 unspecified atom stereocenters. The number of carbonyl (C=O) groups excluding carboxylic acids is 1. The fourth-order valence-corrected chi connectivity index (χ4v) is 1.91. The van der Waals surface area contributed by atoms with Crippen LogP contribution < -0.4 is 5.32 Å². The van der Waals surface area contributed by atoms with Gasteiger partial charge in [0.1, 0.15) is 11.5 Å². The maximum Gasteiger partial charge on any atom is 0.335 e. The van der Waals surface area contributed by atoms with Crippen molar-refractivity contribution < 1.29 is 19.1 Å². The van der Waals surface area contributed by atoms with E-state index >= 15 is 0 Å². The maximum atomic E-state index is 13.8. The molecule has 2 aromatic rings. The number of carboxylic acid groups (broad SMARTS) is 1. The van der Waals surface area contributed by atoms with E-state index < -0.39 is 17.7 Å². The number of rotatable bonds is 4. The Morgan fingerprint density at radius 1 is 1.38 bits per heavy atom. The standard InChI is InChI=1S/C14H14FN3O3/c1-3-18-12(6-8(2)17-18)13(19)16-11-5-4-9(14(20)21)7-10(11)15/h4-7H,3H2,1-2H3,(H,16,19)(H,20,21). The lowest BCUT2D eigenvalue weighted by molar-refractivity contribution is 0.0696. The fourth-order valence-electron chi connectivity index (χ4n) is 1.91. The van der Waals surface area contributed by atoms with E-state index in [1.165, 1.54) is 16.8 Å². The van der Waals surface area contributed by atoms with Crippen LogP contribution >= 0.6 is 0 Å². The zero-order valence-electron chi connectivity index (χ0n) is 11.6. The van der Waals surface area contributed by atoms with Gasteiger partial charge < -0.3 is 10.4 Å². The number of carboxylic acids is 1. The first-order valence-corrected chi connectivity index (χ1v) is 6.31. The Labute approximate surface area is 120 Å². The number of amides is 1. The zero-order chi connectivity index (χ0) is 15.6. The number of carbonyl (C=O) groups is 2. The van der Waals surface area contributed by atoms with Gasteiger partial charge in [0.05, 0.1) is 16.9 Å². The van der Waals surface area contributed by atoms with Crippen molar-refractivity contribution in [3.63, 3.8) is 0 Å². The van der Waals surface area contributed by atoms with Crippen LogP contribution in [-0.2, 0) is 6.54 Å². The average Bonchev–Trinajstić information content (AvgIpc) is 2.82. The number of nitrogens with one attached hydrogen (secondary N) is 1. The molecule has 6 nitrogen and oxygen atoms in total. The number of aryl methyl sites for hydroxylation is 2. The molecule has 110 valence electrons. The molecule has 21 heavy (non-hydrogen) atoms. The van der Waals surface area contributed by atoms with Crippen molar-refractivity contribution in [2.75, 3.05) is 5.32 Å². The van der Waals surface area contributed by atoms with Crippen LogP contribution in [0.1, 0.15) is 33.5 Å². The molecular weight excluding hydrogens is 277 g/mol. The minimum atomic E-state index is -1.23. The molecule has 0 saturated heterocycles. The van der Waals surface area contributed by atoms with Gasteiger partial charge in [-0.15, -0.1) is 0 Å². The van der Waals surface area contributed by atoms with E-state index in [4.69, 9.17) is 5.11 Å². The first kappa shape index (κ1) is 14.7. The molecule has 2 N–H and O–H groups in total. The second-order valence-corrected chi connectivity index (χ2v) is 4.44. The van der Waals surface area contributed by atoms with Gasteiger partial charge in [0.2, 0.25) is 0 Å². The highest BCUT2D eigenvalue weighted by atomic mass is 19.1. The largest absolute Gasteiger partial charge is 0.478 e. The van der Waals surface area contributed by atoms with Crippen LogP contribution in [0.3, 0.4) is 0 Å². The average molecular weight is 291 g/mol. The number of hydrogen-bond acceptors (Lipinski definition) is 3. The fraction of sp³-hybridized carbons (Fsp3) is 0.214. The van der Waals surface area contributed by atoms with Crippen LogP contribution in [-0.4, -0.2) is 26.8 Å². The number of aromatic nitrogens is 2. The Hall–Kier alpha value is -2.70. The number of nitrogens with zero attached hydrogens (tertiary/aromatic N) is 2. The Morgan fingerprint density at radius 3 is 2.67 bits per heavy atom. The molecule has 1 heterocycles. The monoisotopic (exact) mass is 291 g/mol. The highest BCUT2D eigenvalue weighted by Gasteiger charge is 2.16. The summed E-state index contributed by atoms with van der Waals surface area (Å²) in [5.41, 5.74) is 0.742. The van der Waals surface area contributed by atoms with Gasteiger partial charge in [-0.05, 0) is 38.1 Å². The molecule has 1 aromatic carbocycles. The molecule has 2 rings (SSSR count). The molecule has 0 fully saturated rings. The number of aromatic carboxylic acids is 1. The molecule has 0 aliphatic heterocycles. The molecule has 1 aromatic heterocycles. The third-order valence-electron chi connectivity index (χ3n) is 2.90. The first-order chi connectivity index (χ1) is 9.92. The second kappa shape index (κ2) is 5.74. The topological polar surface area (TPSA) is 84.2 Å². The van der Waals surface area contributed by atoms with Gasteiger partial charge in [0, 0.05) is 6.54 Å². The van der Waals surface area contributed by atoms with Crippen LogP contribution in [0.5, 0.6) is 0 Å². The zero-order valence-corrected chi connectivity index (χ0v) is 11.6. The number of anilines is 1.